The van der Waals surface area contributed by atoms with Gasteiger partial charge in [-0.15, -0.1) is 0 Å². The molecule has 1 atom stereocenters. The zero-order chi connectivity index (χ0) is 19.1. The van der Waals surface area contributed by atoms with Crippen molar-refractivity contribution in [2.24, 2.45) is 5.92 Å². The molecule has 3 rings (SSSR count). The Kier molecular flexibility index (Phi) is 7.37. The molecule has 2 N–H and O–H groups in total. The molecule has 0 aromatic carbocycles. The highest BCUT2D eigenvalue weighted by Gasteiger charge is 2.26. The third-order valence-corrected chi connectivity index (χ3v) is 5.32. The lowest BCUT2D eigenvalue weighted by Crippen LogP contribution is -2.37. The Balaban J connectivity index is 1.59. The normalized spacial score (nSPS) is 20.4. The summed E-state index contributed by atoms with van der Waals surface area (Å²) < 4.78 is 10.2. The molecule has 1 fully saturated rings. The highest BCUT2D eigenvalue weighted by molar-refractivity contribution is 5.77. The number of hydrogen-bond acceptors (Lipinski definition) is 7. The second kappa shape index (κ2) is 9.96. The Morgan fingerprint density at radius 1 is 1.33 bits per heavy atom. The Bertz CT molecular complexity index is 620. The molecule has 1 aliphatic heterocycles. The highest BCUT2D eigenvalue weighted by atomic mass is 16.5. The van der Waals surface area contributed by atoms with Gasteiger partial charge in [-0.2, -0.15) is 0 Å². The summed E-state index contributed by atoms with van der Waals surface area (Å²) in [4.78, 5) is 23.7. The number of aryl methyl sites for hydroxylation is 1. The van der Waals surface area contributed by atoms with Crippen molar-refractivity contribution < 1.29 is 19.4 Å². The standard InChI is InChI=1S/C19H30N4O4/c1-26-9-10-27-13-18(25)21-16-3-2-4-17-15(16)11-20-19(22-17)23-7-5-14(12-24)6-8-23/h11,14,16,24H,2-10,12-13H2,1H3,(H,21,25). The summed E-state index contributed by atoms with van der Waals surface area (Å²) in [6, 6.07) is -0.0542. The molecular weight excluding hydrogens is 348 g/mol. The average molecular weight is 378 g/mol. The van der Waals surface area contributed by atoms with Gasteiger partial charge in [-0.05, 0) is 38.0 Å². The van der Waals surface area contributed by atoms with Gasteiger partial charge in [-0.25, -0.2) is 9.97 Å². The van der Waals surface area contributed by atoms with Crippen molar-refractivity contribution in [1.29, 1.82) is 0 Å². The van der Waals surface area contributed by atoms with Crippen LogP contribution in [0.2, 0.25) is 0 Å². The largest absolute Gasteiger partial charge is 0.396 e. The van der Waals surface area contributed by atoms with E-state index in [4.69, 9.17) is 14.5 Å². The Labute approximate surface area is 160 Å². The van der Waals surface area contributed by atoms with Gasteiger partial charge in [0.15, 0.2) is 0 Å². The first-order valence-corrected chi connectivity index (χ1v) is 9.79. The number of methoxy groups -OCH3 is 1. The molecule has 0 saturated carbocycles. The number of nitrogens with zero attached hydrogens (tertiary/aromatic N) is 3. The summed E-state index contributed by atoms with van der Waals surface area (Å²) in [5, 5.41) is 12.3. The number of fused-ring (bicyclic) bond motifs is 1. The fourth-order valence-corrected chi connectivity index (χ4v) is 3.70. The van der Waals surface area contributed by atoms with E-state index in [2.05, 4.69) is 15.2 Å². The third kappa shape index (κ3) is 5.37. The minimum atomic E-state index is -0.126. The van der Waals surface area contributed by atoms with E-state index in [1.54, 1.807) is 7.11 Å². The van der Waals surface area contributed by atoms with Crippen LogP contribution in [0.25, 0.3) is 0 Å². The molecule has 0 spiro atoms. The summed E-state index contributed by atoms with van der Waals surface area (Å²) in [5.74, 6) is 1.03. The van der Waals surface area contributed by atoms with Crippen LogP contribution in [-0.2, 0) is 20.7 Å². The van der Waals surface area contributed by atoms with Crippen molar-refractivity contribution in [3.05, 3.63) is 17.5 Å². The van der Waals surface area contributed by atoms with E-state index in [0.29, 0.717) is 19.1 Å². The van der Waals surface area contributed by atoms with Crippen LogP contribution < -0.4 is 10.2 Å². The fourth-order valence-electron chi connectivity index (χ4n) is 3.70. The molecule has 1 amide bonds. The minimum absolute atomic E-state index is 0.0357. The van der Waals surface area contributed by atoms with Gasteiger partial charge < -0.3 is 24.8 Å². The Morgan fingerprint density at radius 2 is 2.15 bits per heavy atom. The van der Waals surface area contributed by atoms with E-state index < -0.39 is 0 Å². The molecule has 1 aliphatic carbocycles. The molecule has 1 unspecified atom stereocenters. The van der Waals surface area contributed by atoms with E-state index in [-0.39, 0.29) is 25.2 Å². The van der Waals surface area contributed by atoms with Crippen molar-refractivity contribution in [3.8, 4) is 0 Å². The number of carbonyl (C=O) groups is 1. The smallest absolute Gasteiger partial charge is 0.246 e. The number of aliphatic hydroxyl groups is 1. The summed E-state index contributed by atoms with van der Waals surface area (Å²) in [6.45, 7) is 2.94. The lowest BCUT2D eigenvalue weighted by Gasteiger charge is -2.32. The maximum atomic E-state index is 12.1. The number of nitrogens with one attached hydrogen (secondary N) is 1. The quantitative estimate of drug-likeness (QED) is 0.647. The molecule has 2 aliphatic rings. The van der Waals surface area contributed by atoms with Crippen LogP contribution in [0.3, 0.4) is 0 Å². The number of ether oxygens (including phenoxy) is 2. The van der Waals surface area contributed by atoms with Crippen LogP contribution in [0.15, 0.2) is 6.20 Å². The van der Waals surface area contributed by atoms with Gasteiger partial charge in [-0.3, -0.25) is 4.79 Å². The first kappa shape index (κ1) is 20.0. The number of aliphatic hydroxyl groups excluding tert-OH is 1. The predicted octanol–water partition coefficient (Wildman–Crippen LogP) is 0.842. The predicted molar refractivity (Wildman–Crippen MR) is 101 cm³/mol. The van der Waals surface area contributed by atoms with Crippen molar-refractivity contribution in [1.82, 2.24) is 15.3 Å². The fraction of sp³-hybridized carbons (Fsp3) is 0.737. The molecule has 0 radical (unpaired) electrons. The molecule has 8 heteroatoms. The van der Waals surface area contributed by atoms with Crippen LogP contribution in [-0.4, -0.2) is 67.6 Å². The number of hydrogen-bond donors (Lipinski definition) is 2. The second-order valence-electron chi connectivity index (χ2n) is 7.24. The topological polar surface area (TPSA) is 96.8 Å². The number of amides is 1. The van der Waals surface area contributed by atoms with Gasteiger partial charge in [-0.1, -0.05) is 0 Å². The monoisotopic (exact) mass is 378 g/mol. The third-order valence-electron chi connectivity index (χ3n) is 5.32. The minimum Gasteiger partial charge on any atom is -0.396 e. The molecule has 8 nitrogen and oxygen atoms in total. The van der Waals surface area contributed by atoms with Gasteiger partial charge in [0.2, 0.25) is 11.9 Å². The zero-order valence-electron chi connectivity index (χ0n) is 16.0. The van der Waals surface area contributed by atoms with E-state index in [1.807, 2.05) is 6.20 Å². The number of aromatic nitrogens is 2. The molecule has 27 heavy (non-hydrogen) atoms. The summed E-state index contributed by atoms with van der Waals surface area (Å²) in [6.07, 6.45) is 6.60. The van der Waals surface area contributed by atoms with Crippen LogP contribution in [0.1, 0.15) is 43.0 Å². The highest BCUT2D eigenvalue weighted by Crippen LogP contribution is 2.30. The van der Waals surface area contributed by atoms with Crippen molar-refractivity contribution in [2.45, 2.75) is 38.1 Å². The lowest BCUT2D eigenvalue weighted by molar-refractivity contribution is -0.127. The van der Waals surface area contributed by atoms with E-state index in [1.165, 1.54) is 0 Å². The SMILES string of the molecule is COCCOCC(=O)NC1CCCc2nc(N3CCC(CO)CC3)ncc21. The summed E-state index contributed by atoms with van der Waals surface area (Å²) in [5.41, 5.74) is 2.04. The van der Waals surface area contributed by atoms with Crippen LogP contribution in [0, 0.1) is 5.92 Å². The number of carbonyl (C=O) groups excluding carboxylic acids is 1. The van der Waals surface area contributed by atoms with Gasteiger partial charge in [0, 0.05) is 38.6 Å². The molecule has 150 valence electrons. The van der Waals surface area contributed by atoms with E-state index in [0.717, 1.165) is 62.4 Å². The van der Waals surface area contributed by atoms with Crippen LogP contribution >= 0.6 is 0 Å². The van der Waals surface area contributed by atoms with E-state index in [9.17, 15) is 9.90 Å². The summed E-state index contributed by atoms with van der Waals surface area (Å²) in [7, 11) is 1.60. The first-order valence-electron chi connectivity index (χ1n) is 9.79. The number of rotatable bonds is 8. The van der Waals surface area contributed by atoms with E-state index >= 15 is 0 Å². The second-order valence-corrected chi connectivity index (χ2v) is 7.24. The molecule has 1 aromatic rings. The van der Waals surface area contributed by atoms with Crippen LogP contribution in [0.5, 0.6) is 0 Å². The maximum Gasteiger partial charge on any atom is 0.246 e. The van der Waals surface area contributed by atoms with Crippen molar-refractivity contribution >= 4 is 11.9 Å². The van der Waals surface area contributed by atoms with Crippen LogP contribution in [0.4, 0.5) is 5.95 Å². The molecule has 1 saturated heterocycles. The zero-order valence-corrected chi connectivity index (χ0v) is 16.0. The molecular formula is C19H30N4O4. The summed E-state index contributed by atoms with van der Waals surface area (Å²) >= 11 is 0. The van der Waals surface area contributed by atoms with Crippen molar-refractivity contribution in [2.75, 3.05) is 51.5 Å². The molecule has 0 bridgehead atoms. The first-order chi connectivity index (χ1) is 13.2. The van der Waals surface area contributed by atoms with Crippen molar-refractivity contribution in [3.63, 3.8) is 0 Å². The Morgan fingerprint density at radius 3 is 2.89 bits per heavy atom. The van der Waals surface area contributed by atoms with Gasteiger partial charge in [0.05, 0.1) is 24.9 Å². The number of piperidine rings is 1. The van der Waals surface area contributed by atoms with Gasteiger partial charge in [0.25, 0.3) is 0 Å². The lowest BCUT2D eigenvalue weighted by atomic mass is 9.92. The average Bonchev–Trinajstić information content (AvgIpc) is 2.71. The van der Waals surface area contributed by atoms with Gasteiger partial charge >= 0.3 is 0 Å². The maximum absolute atomic E-state index is 12.1. The Hall–Kier alpha value is -1.77. The molecule has 1 aromatic heterocycles. The molecule has 2 heterocycles. The van der Waals surface area contributed by atoms with Gasteiger partial charge in [0.1, 0.15) is 6.61 Å². The number of anilines is 1.